The fourth-order valence-electron chi connectivity index (χ4n) is 2.62. The predicted octanol–water partition coefficient (Wildman–Crippen LogP) is 3.39. The van der Waals surface area contributed by atoms with Crippen LogP contribution in [0.5, 0.6) is 0 Å². The Kier molecular flexibility index (Phi) is 4.39. The van der Waals surface area contributed by atoms with Crippen LogP contribution in [-0.4, -0.2) is 35.2 Å². The van der Waals surface area contributed by atoms with Crippen LogP contribution in [0.2, 0.25) is 0 Å². The van der Waals surface area contributed by atoms with Crippen molar-refractivity contribution in [3.8, 4) is 0 Å². The van der Waals surface area contributed by atoms with Crippen molar-refractivity contribution in [2.24, 2.45) is 0 Å². The van der Waals surface area contributed by atoms with Crippen LogP contribution < -0.4 is 0 Å². The van der Waals surface area contributed by atoms with E-state index in [1.54, 1.807) is 12.1 Å². The molecule has 1 aliphatic carbocycles. The van der Waals surface area contributed by atoms with Gasteiger partial charge in [0.1, 0.15) is 0 Å². The zero-order valence-corrected chi connectivity index (χ0v) is 12.0. The summed E-state index contributed by atoms with van der Waals surface area (Å²) in [6, 6.07) is 4.92. The molecule has 0 radical (unpaired) electrons. The van der Waals surface area contributed by atoms with Gasteiger partial charge in [-0.15, -0.1) is 0 Å². The number of fused-ring (bicyclic) bond motifs is 1. The highest BCUT2D eigenvalue weighted by molar-refractivity contribution is 9.10. The van der Waals surface area contributed by atoms with Crippen LogP contribution in [0.4, 0.5) is 13.2 Å². The average Bonchev–Trinajstić information content (AvgIpc) is 2.68. The standard InChI is InChI=1S/C13H13BrF3NO2/c14-9-2-3-10-8(5-9)1-4-11(10)18(6-12(19)20)7-13(15,16)17/h2-3,5,11H,1,4,6-7H2,(H,19,20). The maximum Gasteiger partial charge on any atom is 0.401 e. The predicted molar refractivity (Wildman–Crippen MR) is 70.5 cm³/mol. The Morgan fingerprint density at radius 3 is 2.75 bits per heavy atom. The van der Waals surface area contributed by atoms with Gasteiger partial charge in [0.05, 0.1) is 13.1 Å². The van der Waals surface area contributed by atoms with Crippen LogP contribution in [0.1, 0.15) is 23.6 Å². The topological polar surface area (TPSA) is 40.5 Å². The molecule has 0 fully saturated rings. The van der Waals surface area contributed by atoms with E-state index in [-0.39, 0.29) is 0 Å². The number of nitrogens with zero attached hydrogens (tertiary/aromatic N) is 1. The number of halogens is 4. The van der Waals surface area contributed by atoms with Gasteiger partial charge >= 0.3 is 12.1 Å². The molecule has 20 heavy (non-hydrogen) atoms. The van der Waals surface area contributed by atoms with E-state index in [1.807, 2.05) is 6.07 Å². The third-order valence-corrected chi connectivity index (χ3v) is 3.81. The van der Waals surface area contributed by atoms with Crippen molar-refractivity contribution in [3.05, 3.63) is 33.8 Å². The smallest absolute Gasteiger partial charge is 0.401 e. The van der Waals surface area contributed by atoms with Gasteiger partial charge in [-0.05, 0) is 36.1 Å². The van der Waals surface area contributed by atoms with Gasteiger partial charge in [-0.3, -0.25) is 9.69 Å². The molecule has 1 aromatic rings. The van der Waals surface area contributed by atoms with Gasteiger partial charge in [-0.25, -0.2) is 0 Å². The van der Waals surface area contributed by atoms with Gasteiger partial charge in [0.15, 0.2) is 0 Å². The average molecular weight is 352 g/mol. The van der Waals surface area contributed by atoms with Gasteiger partial charge in [-0.1, -0.05) is 22.0 Å². The van der Waals surface area contributed by atoms with Gasteiger partial charge in [-0.2, -0.15) is 13.2 Å². The van der Waals surface area contributed by atoms with Crippen LogP contribution >= 0.6 is 15.9 Å². The first-order valence-electron chi connectivity index (χ1n) is 6.07. The number of aliphatic carboxylic acids is 1. The SMILES string of the molecule is O=C(O)CN(CC(F)(F)F)C1CCc2cc(Br)ccc21. The normalized spacial score (nSPS) is 18.4. The molecule has 3 nitrogen and oxygen atoms in total. The number of alkyl halides is 3. The van der Waals surface area contributed by atoms with Crippen LogP contribution in [0, 0.1) is 0 Å². The summed E-state index contributed by atoms with van der Waals surface area (Å²) < 4.78 is 38.7. The Balaban J connectivity index is 2.25. The van der Waals surface area contributed by atoms with Crippen molar-refractivity contribution in [3.63, 3.8) is 0 Å². The third-order valence-electron chi connectivity index (χ3n) is 3.31. The molecule has 0 spiro atoms. The molecule has 1 aliphatic rings. The lowest BCUT2D eigenvalue weighted by molar-refractivity contribution is -0.158. The van der Waals surface area contributed by atoms with Crippen molar-refractivity contribution < 1.29 is 23.1 Å². The number of carbonyl (C=O) groups is 1. The van der Waals surface area contributed by atoms with E-state index in [9.17, 15) is 18.0 Å². The molecule has 7 heteroatoms. The maximum absolute atomic E-state index is 12.6. The summed E-state index contributed by atoms with van der Waals surface area (Å²) in [7, 11) is 0. The van der Waals surface area contributed by atoms with Crippen LogP contribution in [0.25, 0.3) is 0 Å². The number of aryl methyl sites for hydroxylation is 1. The highest BCUT2D eigenvalue weighted by Gasteiger charge is 2.37. The first-order chi connectivity index (χ1) is 9.26. The minimum atomic E-state index is -4.41. The maximum atomic E-state index is 12.6. The second-order valence-electron chi connectivity index (χ2n) is 4.81. The molecule has 1 atom stereocenters. The molecule has 0 heterocycles. The second kappa shape index (κ2) is 5.73. The van der Waals surface area contributed by atoms with Crippen molar-refractivity contribution in [1.82, 2.24) is 4.90 Å². The highest BCUT2D eigenvalue weighted by atomic mass is 79.9. The van der Waals surface area contributed by atoms with Crippen LogP contribution in [0.3, 0.4) is 0 Å². The number of rotatable bonds is 4. The summed E-state index contributed by atoms with van der Waals surface area (Å²) in [6.07, 6.45) is -3.24. The molecule has 0 saturated heterocycles. The number of hydrogen-bond acceptors (Lipinski definition) is 2. The molecular formula is C13H13BrF3NO2. The molecule has 0 amide bonds. The second-order valence-corrected chi connectivity index (χ2v) is 5.73. The van der Waals surface area contributed by atoms with E-state index in [4.69, 9.17) is 5.11 Å². The summed E-state index contributed by atoms with van der Waals surface area (Å²) >= 11 is 3.32. The number of hydrogen-bond donors (Lipinski definition) is 1. The molecule has 0 aliphatic heterocycles. The van der Waals surface area contributed by atoms with E-state index in [0.717, 1.165) is 20.5 Å². The Bertz CT molecular complexity index is 519. The van der Waals surface area contributed by atoms with E-state index in [0.29, 0.717) is 12.8 Å². The summed E-state index contributed by atoms with van der Waals surface area (Å²) in [6.45, 7) is -1.82. The lowest BCUT2D eigenvalue weighted by Crippen LogP contribution is -2.39. The van der Waals surface area contributed by atoms with Gasteiger partial charge in [0.2, 0.25) is 0 Å². The third kappa shape index (κ3) is 3.73. The molecule has 0 saturated carbocycles. The Hall–Kier alpha value is -1.08. The molecule has 2 rings (SSSR count). The summed E-state index contributed by atoms with van der Waals surface area (Å²) in [5.74, 6) is -1.25. The lowest BCUT2D eigenvalue weighted by atomic mass is 10.1. The van der Waals surface area contributed by atoms with Crippen LogP contribution in [-0.2, 0) is 11.2 Å². The minimum absolute atomic E-state index is 0.490. The van der Waals surface area contributed by atoms with Gasteiger partial charge < -0.3 is 5.11 Å². The van der Waals surface area contributed by atoms with E-state index >= 15 is 0 Å². The van der Waals surface area contributed by atoms with Crippen molar-refractivity contribution >= 4 is 21.9 Å². The number of benzene rings is 1. The Morgan fingerprint density at radius 2 is 2.15 bits per heavy atom. The van der Waals surface area contributed by atoms with Crippen LogP contribution in [0.15, 0.2) is 22.7 Å². The summed E-state index contributed by atoms with van der Waals surface area (Å²) in [5, 5.41) is 8.82. The van der Waals surface area contributed by atoms with E-state index in [1.165, 1.54) is 0 Å². The van der Waals surface area contributed by atoms with Crippen molar-refractivity contribution in [2.45, 2.75) is 25.1 Å². The molecule has 1 N–H and O–H groups in total. The zero-order valence-electron chi connectivity index (χ0n) is 10.5. The first-order valence-corrected chi connectivity index (χ1v) is 6.86. The largest absolute Gasteiger partial charge is 0.480 e. The Morgan fingerprint density at radius 1 is 1.45 bits per heavy atom. The fourth-order valence-corrected chi connectivity index (χ4v) is 3.03. The van der Waals surface area contributed by atoms with E-state index < -0.39 is 31.3 Å². The number of carboxylic acid groups (broad SMARTS) is 1. The molecule has 1 aromatic carbocycles. The molecule has 0 aromatic heterocycles. The van der Waals surface area contributed by atoms with Crippen molar-refractivity contribution in [2.75, 3.05) is 13.1 Å². The Labute approximate surface area is 122 Å². The molecule has 0 bridgehead atoms. The monoisotopic (exact) mass is 351 g/mol. The van der Waals surface area contributed by atoms with Crippen molar-refractivity contribution in [1.29, 1.82) is 0 Å². The summed E-state index contributed by atoms with van der Waals surface area (Å²) in [5.41, 5.74) is 1.76. The molecule has 1 unspecified atom stereocenters. The van der Waals surface area contributed by atoms with Gasteiger partial charge in [0, 0.05) is 10.5 Å². The summed E-state index contributed by atoms with van der Waals surface area (Å²) in [4.78, 5) is 11.8. The first kappa shape index (κ1) is 15.3. The van der Waals surface area contributed by atoms with Gasteiger partial charge in [0.25, 0.3) is 0 Å². The molecule has 110 valence electrons. The minimum Gasteiger partial charge on any atom is -0.480 e. The molecular weight excluding hydrogens is 339 g/mol. The number of carboxylic acids is 1. The quantitative estimate of drug-likeness (QED) is 0.903. The zero-order chi connectivity index (χ0) is 14.9. The van der Waals surface area contributed by atoms with E-state index in [2.05, 4.69) is 15.9 Å². The fraction of sp³-hybridized carbons (Fsp3) is 0.462. The lowest BCUT2D eigenvalue weighted by Gasteiger charge is -2.28. The highest BCUT2D eigenvalue weighted by Crippen LogP contribution is 2.38.